The Labute approximate surface area is 132 Å². The van der Waals surface area contributed by atoms with Gasteiger partial charge >= 0.3 is 0 Å². The van der Waals surface area contributed by atoms with E-state index in [1.807, 2.05) is 48.5 Å². The van der Waals surface area contributed by atoms with Gasteiger partial charge in [-0.2, -0.15) is 5.26 Å². The molecule has 0 aliphatic carbocycles. The fourth-order valence-corrected chi connectivity index (χ4v) is 2.42. The van der Waals surface area contributed by atoms with Gasteiger partial charge in [0.05, 0.1) is 11.6 Å². The summed E-state index contributed by atoms with van der Waals surface area (Å²) in [6.45, 7) is 0.658. The summed E-state index contributed by atoms with van der Waals surface area (Å²) < 4.78 is 11.5. The van der Waals surface area contributed by atoms with Gasteiger partial charge in [0.25, 0.3) is 0 Å². The first-order valence-electron chi connectivity index (χ1n) is 6.39. The van der Waals surface area contributed by atoms with Crippen LogP contribution in [0.15, 0.2) is 46.9 Å². The van der Waals surface area contributed by atoms with Gasteiger partial charge in [0, 0.05) is 17.8 Å². The van der Waals surface area contributed by atoms with Crippen LogP contribution in [-0.4, -0.2) is 13.7 Å². The Morgan fingerprint density at radius 1 is 1.19 bits per heavy atom. The SMILES string of the molecule is COc1ccc(NCc2ccccc2OCC#N)cc1Br. The molecule has 0 unspecified atom stereocenters. The van der Waals surface area contributed by atoms with Gasteiger partial charge in [0.15, 0.2) is 6.61 Å². The molecule has 0 aromatic heterocycles. The summed E-state index contributed by atoms with van der Waals surface area (Å²) in [6.07, 6.45) is 0. The number of hydrogen-bond donors (Lipinski definition) is 1. The fourth-order valence-electron chi connectivity index (χ4n) is 1.87. The zero-order valence-corrected chi connectivity index (χ0v) is 13.2. The molecule has 2 aromatic carbocycles. The number of nitrogens with one attached hydrogen (secondary N) is 1. The first kappa shape index (κ1) is 15.2. The third kappa shape index (κ3) is 4.14. The predicted molar refractivity (Wildman–Crippen MR) is 85.6 cm³/mol. The summed E-state index contributed by atoms with van der Waals surface area (Å²) in [7, 11) is 1.63. The molecule has 2 rings (SSSR count). The average molecular weight is 347 g/mol. The van der Waals surface area contributed by atoms with Crippen molar-refractivity contribution < 1.29 is 9.47 Å². The summed E-state index contributed by atoms with van der Waals surface area (Å²) in [5.74, 6) is 1.51. The lowest BCUT2D eigenvalue weighted by molar-refractivity contribution is 0.364. The number of methoxy groups -OCH3 is 1. The lowest BCUT2D eigenvalue weighted by Gasteiger charge is -2.12. The van der Waals surface area contributed by atoms with Crippen molar-refractivity contribution in [3.63, 3.8) is 0 Å². The number of ether oxygens (including phenoxy) is 2. The van der Waals surface area contributed by atoms with Gasteiger partial charge < -0.3 is 14.8 Å². The summed E-state index contributed by atoms with van der Waals surface area (Å²) in [5.41, 5.74) is 1.97. The van der Waals surface area contributed by atoms with E-state index < -0.39 is 0 Å². The molecule has 4 nitrogen and oxygen atoms in total. The van der Waals surface area contributed by atoms with Crippen LogP contribution in [0.2, 0.25) is 0 Å². The molecule has 0 saturated heterocycles. The highest BCUT2D eigenvalue weighted by atomic mass is 79.9. The highest BCUT2D eigenvalue weighted by Crippen LogP contribution is 2.28. The van der Waals surface area contributed by atoms with Crippen molar-refractivity contribution in [1.82, 2.24) is 0 Å². The van der Waals surface area contributed by atoms with E-state index in [9.17, 15) is 0 Å². The summed E-state index contributed by atoms with van der Waals surface area (Å²) >= 11 is 3.46. The van der Waals surface area contributed by atoms with Crippen molar-refractivity contribution in [1.29, 1.82) is 5.26 Å². The zero-order valence-electron chi connectivity index (χ0n) is 11.6. The summed E-state index contributed by atoms with van der Waals surface area (Å²) in [6, 6.07) is 15.4. The largest absolute Gasteiger partial charge is 0.496 e. The summed E-state index contributed by atoms with van der Waals surface area (Å²) in [5, 5.41) is 11.9. The first-order valence-corrected chi connectivity index (χ1v) is 7.19. The molecular formula is C16H15BrN2O2. The van der Waals surface area contributed by atoms with E-state index >= 15 is 0 Å². The van der Waals surface area contributed by atoms with Gasteiger partial charge in [-0.1, -0.05) is 18.2 Å². The van der Waals surface area contributed by atoms with Crippen molar-refractivity contribution in [2.45, 2.75) is 6.54 Å². The maximum absolute atomic E-state index is 8.60. The highest BCUT2D eigenvalue weighted by Gasteiger charge is 2.04. The van der Waals surface area contributed by atoms with Crippen molar-refractivity contribution in [2.75, 3.05) is 19.0 Å². The van der Waals surface area contributed by atoms with Crippen LogP contribution in [0, 0.1) is 11.3 Å². The van der Waals surface area contributed by atoms with Crippen LogP contribution in [0.3, 0.4) is 0 Å². The Bertz CT molecular complexity index is 653. The molecule has 5 heteroatoms. The molecule has 0 spiro atoms. The predicted octanol–water partition coefficient (Wildman–Crippen LogP) is 3.97. The Morgan fingerprint density at radius 2 is 2.00 bits per heavy atom. The normalized spacial score (nSPS) is 9.76. The molecule has 0 aliphatic rings. The molecule has 0 bridgehead atoms. The van der Waals surface area contributed by atoms with E-state index in [1.165, 1.54) is 0 Å². The van der Waals surface area contributed by atoms with Gasteiger partial charge in [0.2, 0.25) is 0 Å². The number of benzene rings is 2. The Hall–Kier alpha value is -2.19. The molecule has 1 N–H and O–H groups in total. The van der Waals surface area contributed by atoms with Crippen molar-refractivity contribution in [2.24, 2.45) is 0 Å². The Morgan fingerprint density at radius 3 is 2.71 bits per heavy atom. The molecular weight excluding hydrogens is 332 g/mol. The summed E-state index contributed by atoms with van der Waals surface area (Å²) in [4.78, 5) is 0. The van der Waals surface area contributed by atoms with Gasteiger partial charge in [0.1, 0.15) is 17.6 Å². The Kier molecular flexibility index (Phi) is 5.47. The quantitative estimate of drug-likeness (QED) is 0.859. The molecule has 0 atom stereocenters. The van der Waals surface area contributed by atoms with Crippen LogP contribution in [0.5, 0.6) is 11.5 Å². The lowest BCUT2D eigenvalue weighted by atomic mass is 10.2. The first-order chi connectivity index (χ1) is 10.2. The highest BCUT2D eigenvalue weighted by molar-refractivity contribution is 9.10. The molecule has 0 aliphatic heterocycles. The molecule has 21 heavy (non-hydrogen) atoms. The second-order valence-electron chi connectivity index (χ2n) is 4.26. The van der Waals surface area contributed by atoms with E-state index in [0.717, 1.165) is 27.2 Å². The number of nitriles is 1. The van der Waals surface area contributed by atoms with Crippen molar-refractivity contribution >= 4 is 21.6 Å². The third-order valence-corrected chi connectivity index (χ3v) is 3.52. The second-order valence-corrected chi connectivity index (χ2v) is 5.11. The average Bonchev–Trinajstić information content (AvgIpc) is 2.52. The zero-order chi connectivity index (χ0) is 15.1. The molecule has 0 saturated carbocycles. The lowest BCUT2D eigenvalue weighted by Crippen LogP contribution is -2.03. The van der Waals surface area contributed by atoms with Gasteiger partial charge in [-0.3, -0.25) is 0 Å². The molecule has 2 aromatic rings. The topological polar surface area (TPSA) is 54.3 Å². The standard InChI is InChI=1S/C16H15BrN2O2/c1-20-16-7-6-13(10-14(16)17)19-11-12-4-2-3-5-15(12)21-9-8-18/h2-7,10,19H,9,11H2,1H3. The van der Waals surface area contributed by atoms with Crippen LogP contribution in [0.25, 0.3) is 0 Å². The number of rotatable bonds is 6. The van der Waals surface area contributed by atoms with Crippen LogP contribution in [0.4, 0.5) is 5.69 Å². The molecule has 0 amide bonds. The van der Waals surface area contributed by atoms with Gasteiger partial charge in [-0.05, 0) is 40.2 Å². The smallest absolute Gasteiger partial charge is 0.174 e. The fraction of sp³-hybridized carbons (Fsp3) is 0.188. The second kappa shape index (κ2) is 7.55. The third-order valence-electron chi connectivity index (χ3n) is 2.90. The number of nitrogens with zero attached hydrogens (tertiary/aromatic N) is 1. The minimum atomic E-state index is 0.0467. The number of hydrogen-bond acceptors (Lipinski definition) is 4. The van der Waals surface area contributed by atoms with Crippen LogP contribution >= 0.6 is 15.9 Å². The van der Waals surface area contributed by atoms with E-state index in [-0.39, 0.29) is 6.61 Å². The van der Waals surface area contributed by atoms with E-state index in [4.69, 9.17) is 14.7 Å². The van der Waals surface area contributed by atoms with E-state index in [2.05, 4.69) is 21.2 Å². The molecule has 0 radical (unpaired) electrons. The minimum absolute atomic E-state index is 0.0467. The van der Waals surface area contributed by atoms with E-state index in [0.29, 0.717) is 6.54 Å². The van der Waals surface area contributed by atoms with E-state index in [1.54, 1.807) is 7.11 Å². The van der Waals surface area contributed by atoms with Crippen LogP contribution in [-0.2, 0) is 6.54 Å². The maximum Gasteiger partial charge on any atom is 0.174 e. The van der Waals surface area contributed by atoms with Crippen LogP contribution < -0.4 is 14.8 Å². The molecule has 108 valence electrons. The van der Waals surface area contributed by atoms with Crippen molar-refractivity contribution in [3.8, 4) is 17.6 Å². The minimum Gasteiger partial charge on any atom is -0.496 e. The number of anilines is 1. The number of para-hydroxylation sites is 1. The Balaban J connectivity index is 2.06. The maximum atomic E-state index is 8.60. The van der Waals surface area contributed by atoms with Crippen LogP contribution in [0.1, 0.15) is 5.56 Å². The molecule has 0 fully saturated rings. The monoisotopic (exact) mass is 346 g/mol. The van der Waals surface area contributed by atoms with Gasteiger partial charge in [-0.15, -0.1) is 0 Å². The van der Waals surface area contributed by atoms with Gasteiger partial charge in [-0.25, -0.2) is 0 Å². The number of halogens is 1. The van der Waals surface area contributed by atoms with Crippen molar-refractivity contribution in [3.05, 3.63) is 52.5 Å². The molecule has 0 heterocycles.